The summed E-state index contributed by atoms with van der Waals surface area (Å²) in [6.45, 7) is 6.77. The number of anilines is 1. The lowest BCUT2D eigenvalue weighted by molar-refractivity contribution is -0.121. The zero-order chi connectivity index (χ0) is 15.4. The first-order valence-corrected chi connectivity index (χ1v) is 7.57. The van der Waals surface area contributed by atoms with E-state index in [1.807, 2.05) is 68.9 Å². The molecule has 0 spiro atoms. The number of hydrogen-bond donors (Lipinski definition) is 0. The van der Waals surface area contributed by atoms with E-state index in [1.54, 1.807) is 4.90 Å². The summed E-state index contributed by atoms with van der Waals surface area (Å²) in [6.07, 6.45) is 0.839. The van der Waals surface area contributed by atoms with Gasteiger partial charge in [0.25, 0.3) is 0 Å². The maximum absolute atomic E-state index is 12.1. The number of benzene rings is 1. The topological polar surface area (TPSA) is 38.1 Å². The Hall–Kier alpha value is -2.10. The normalized spacial score (nSPS) is 17.6. The number of hydrogen-bond acceptors (Lipinski definition) is 2. The Bertz CT molecular complexity index is 604. The molecule has 1 atom stereocenters. The van der Waals surface area contributed by atoms with Crippen molar-refractivity contribution in [2.75, 3.05) is 11.9 Å². The minimum absolute atomic E-state index is 0.0619. The maximum atomic E-state index is 12.1. The molecular formula is C17H23N3O. The number of amides is 1. The molecule has 1 aromatic heterocycles. The molecule has 1 aromatic carbocycles. The molecule has 1 aliphatic rings. The Balaban J connectivity index is 0.000000774. The van der Waals surface area contributed by atoms with Gasteiger partial charge < -0.3 is 0 Å². The zero-order valence-corrected chi connectivity index (χ0v) is 13.2. The smallest absolute Gasteiger partial charge is 0.230 e. The lowest BCUT2D eigenvalue weighted by Gasteiger charge is -2.16. The highest BCUT2D eigenvalue weighted by Gasteiger charge is 2.26. The van der Waals surface area contributed by atoms with E-state index in [1.165, 1.54) is 0 Å². The molecule has 0 fully saturated rings. The van der Waals surface area contributed by atoms with E-state index in [0.29, 0.717) is 0 Å². The minimum atomic E-state index is 0.0619. The average Bonchev–Trinajstić information content (AvgIpc) is 2.94. The van der Waals surface area contributed by atoms with Gasteiger partial charge in [0.2, 0.25) is 5.91 Å². The molecule has 1 aliphatic heterocycles. The second kappa shape index (κ2) is 6.57. The quantitative estimate of drug-likeness (QED) is 0.803. The Morgan fingerprint density at radius 3 is 2.52 bits per heavy atom. The van der Waals surface area contributed by atoms with Gasteiger partial charge in [-0.15, -0.1) is 0 Å². The lowest BCUT2D eigenvalue weighted by atomic mass is 10.1. The van der Waals surface area contributed by atoms with Crippen molar-refractivity contribution in [2.45, 2.75) is 33.7 Å². The highest BCUT2D eigenvalue weighted by Crippen LogP contribution is 2.27. The fourth-order valence-corrected chi connectivity index (χ4v) is 2.47. The van der Waals surface area contributed by atoms with Crippen LogP contribution in [0.4, 0.5) is 5.82 Å². The van der Waals surface area contributed by atoms with Crippen LogP contribution in [-0.4, -0.2) is 22.7 Å². The first-order valence-electron chi connectivity index (χ1n) is 7.57. The third kappa shape index (κ3) is 2.99. The van der Waals surface area contributed by atoms with Gasteiger partial charge in [-0.1, -0.05) is 51.1 Å². The van der Waals surface area contributed by atoms with Gasteiger partial charge in [-0.05, 0) is 6.42 Å². The fraction of sp³-hybridized carbons (Fsp3) is 0.412. The lowest BCUT2D eigenvalue weighted by Crippen LogP contribution is -2.30. The Morgan fingerprint density at radius 1 is 1.19 bits per heavy atom. The van der Waals surface area contributed by atoms with Crippen LogP contribution in [0.15, 0.2) is 36.4 Å². The van der Waals surface area contributed by atoms with Gasteiger partial charge in [0.15, 0.2) is 0 Å². The van der Waals surface area contributed by atoms with Crippen molar-refractivity contribution in [3.05, 3.63) is 36.4 Å². The monoisotopic (exact) mass is 285 g/mol. The van der Waals surface area contributed by atoms with Crippen molar-refractivity contribution >= 4 is 11.7 Å². The van der Waals surface area contributed by atoms with Gasteiger partial charge in [0.1, 0.15) is 5.82 Å². The first-order chi connectivity index (χ1) is 10.2. The van der Waals surface area contributed by atoms with Gasteiger partial charge in [-0.2, -0.15) is 5.10 Å². The Labute approximate surface area is 126 Å². The number of aryl methyl sites for hydroxylation is 1. The molecule has 2 heterocycles. The zero-order valence-electron chi connectivity index (χ0n) is 13.2. The van der Waals surface area contributed by atoms with E-state index in [4.69, 9.17) is 0 Å². The van der Waals surface area contributed by atoms with Crippen LogP contribution in [0.25, 0.3) is 11.3 Å². The number of carbonyl (C=O) groups excluding carboxylic acids is 1. The minimum Gasteiger partial charge on any atom is -0.300 e. The third-order valence-electron chi connectivity index (χ3n) is 3.70. The summed E-state index contributed by atoms with van der Waals surface area (Å²) in [5.41, 5.74) is 2.00. The van der Waals surface area contributed by atoms with E-state index in [-0.39, 0.29) is 11.8 Å². The number of fused-ring (bicyclic) bond motifs is 1. The number of aromatic nitrogens is 2. The maximum Gasteiger partial charge on any atom is 0.230 e. The largest absolute Gasteiger partial charge is 0.300 e. The van der Waals surface area contributed by atoms with E-state index >= 15 is 0 Å². The van der Waals surface area contributed by atoms with E-state index in [9.17, 15) is 4.79 Å². The van der Waals surface area contributed by atoms with Gasteiger partial charge in [-0.25, -0.2) is 4.68 Å². The second-order valence-corrected chi connectivity index (χ2v) is 5.06. The number of carbonyl (C=O) groups is 1. The molecular weight excluding hydrogens is 262 g/mol. The summed E-state index contributed by atoms with van der Waals surface area (Å²) in [5.74, 6) is 1.11. The number of nitrogens with zero attached hydrogens (tertiary/aromatic N) is 3. The molecule has 0 bridgehead atoms. The van der Waals surface area contributed by atoms with Crippen LogP contribution >= 0.6 is 0 Å². The van der Waals surface area contributed by atoms with Gasteiger partial charge in [0, 0.05) is 31.1 Å². The van der Waals surface area contributed by atoms with Crippen LogP contribution in [0.5, 0.6) is 0 Å². The SMILES string of the molecule is CC.CC1CCn2nc(-c3ccccc3)cc2N(C)C1=O. The summed E-state index contributed by atoms with van der Waals surface area (Å²) < 4.78 is 1.93. The van der Waals surface area contributed by atoms with Crippen molar-refractivity contribution < 1.29 is 4.79 Å². The van der Waals surface area contributed by atoms with Crippen molar-refractivity contribution in [3.8, 4) is 11.3 Å². The van der Waals surface area contributed by atoms with Crippen LogP contribution in [0, 0.1) is 5.92 Å². The second-order valence-electron chi connectivity index (χ2n) is 5.06. The molecule has 21 heavy (non-hydrogen) atoms. The summed E-state index contributed by atoms with van der Waals surface area (Å²) in [4.78, 5) is 13.9. The van der Waals surface area contributed by atoms with Crippen LogP contribution < -0.4 is 4.90 Å². The van der Waals surface area contributed by atoms with Crippen molar-refractivity contribution in [1.29, 1.82) is 0 Å². The molecule has 4 nitrogen and oxygen atoms in total. The standard InChI is InChI=1S/C15H17N3O.C2H6/c1-11-8-9-18-14(17(2)15(11)19)10-13(16-18)12-6-4-3-5-7-12;1-2/h3-7,10-11H,8-9H2,1-2H3;1-2H3. The van der Waals surface area contributed by atoms with Crippen LogP contribution in [0.1, 0.15) is 27.2 Å². The summed E-state index contributed by atoms with van der Waals surface area (Å²) >= 11 is 0. The molecule has 1 unspecified atom stereocenters. The van der Waals surface area contributed by atoms with Crippen LogP contribution in [0.2, 0.25) is 0 Å². The average molecular weight is 285 g/mol. The highest BCUT2D eigenvalue weighted by molar-refractivity contribution is 5.94. The van der Waals surface area contributed by atoms with Gasteiger partial charge >= 0.3 is 0 Å². The summed E-state index contributed by atoms with van der Waals surface area (Å²) in [6, 6.07) is 12.0. The van der Waals surface area contributed by atoms with E-state index in [0.717, 1.165) is 30.0 Å². The molecule has 0 N–H and O–H groups in total. The molecule has 112 valence electrons. The van der Waals surface area contributed by atoms with Gasteiger partial charge in [-0.3, -0.25) is 9.69 Å². The predicted molar refractivity (Wildman–Crippen MR) is 86.2 cm³/mol. The summed E-state index contributed by atoms with van der Waals surface area (Å²) in [7, 11) is 1.83. The third-order valence-corrected chi connectivity index (χ3v) is 3.70. The van der Waals surface area contributed by atoms with Crippen LogP contribution in [-0.2, 0) is 11.3 Å². The van der Waals surface area contributed by atoms with Crippen LogP contribution in [0.3, 0.4) is 0 Å². The Kier molecular flexibility index (Phi) is 4.78. The molecule has 4 heteroatoms. The van der Waals surface area contributed by atoms with Crippen molar-refractivity contribution in [3.63, 3.8) is 0 Å². The van der Waals surface area contributed by atoms with Crippen molar-refractivity contribution in [2.24, 2.45) is 5.92 Å². The van der Waals surface area contributed by atoms with E-state index < -0.39 is 0 Å². The molecule has 1 amide bonds. The predicted octanol–water partition coefficient (Wildman–Crippen LogP) is 3.58. The van der Waals surface area contributed by atoms with Gasteiger partial charge in [0.05, 0.1) is 5.69 Å². The molecule has 0 aliphatic carbocycles. The Morgan fingerprint density at radius 2 is 1.86 bits per heavy atom. The molecule has 0 saturated heterocycles. The fourth-order valence-electron chi connectivity index (χ4n) is 2.47. The molecule has 0 saturated carbocycles. The number of rotatable bonds is 1. The highest BCUT2D eigenvalue weighted by atomic mass is 16.2. The molecule has 2 aromatic rings. The summed E-state index contributed by atoms with van der Waals surface area (Å²) in [5, 5.41) is 4.62. The molecule has 3 rings (SSSR count). The first kappa shape index (κ1) is 15.3. The van der Waals surface area contributed by atoms with E-state index in [2.05, 4.69) is 5.10 Å². The van der Waals surface area contributed by atoms with Crippen molar-refractivity contribution in [1.82, 2.24) is 9.78 Å². The molecule has 0 radical (unpaired) electrons.